The van der Waals surface area contributed by atoms with E-state index in [0.29, 0.717) is 29.0 Å². The maximum atomic E-state index is 12.5. The molecular formula is C18H23N3O2S. The molecule has 0 bridgehead atoms. The van der Waals surface area contributed by atoms with Crippen LogP contribution in [0.15, 0.2) is 33.9 Å². The third-order valence-corrected chi connectivity index (χ3v) is 5.28. The molecule has 0 saturated carbocycles. The maximum Gasteiger partial charge on any atom is 0.277 e. The SMILES string of the molecule is Cc1cccc(-c2nnc(SCC(=O)N3[C@H](C)CCC[C@H]3C)o2)c1. The number of rotatable bonds is 4. The number of thioether (sulfide) groups is 1. The Morgan fingerprint density at radius 2 is 2.04 bits per heavy atom. The van der Waals surface area contributed by atoms with E-state index >= 15 is 0 Å². The van der Waals surface area contributed by atoms with Crippen molar-refractivity contribution < 1.29 is 9.21 Å². The molecule has 5 nitrogen and oxygen atoms in total. The van der Waals surface area contributed by atoms with Crippen LogP contribution in [0.5, 0.6) is 0 Å². The number of hydrogen-bond acceptors (Lipinski definition) is 5. The van der Waals surface area contributed by atoms with Crippen molar-refractivity contribution in [2.75, 3.05) is 5.75 Å². The Labute approximate surface area is 146 Å². The molecule has 2 heterocycles. The lowest BCUT2D eigenvalue weighted by Gasteiger charge is -2.39. The molecule has 1 aromatic heterocycles. The van der Waals surface area contributed by atoms with E-state index in [4.69, 9.17) is 4.42 Å². The number of amides is 1. The van der Waals surface area contributed by atoms with E-state index in [-0.39, 0.29) is 5.91 Å². The molecule has 1 aromatic carbocycles. The number of benzene rings is 1. The van der Waals surface area contributed by atoms with Gasteiger partial charge in [-0.15, -0.1) is 10.2 Å². The molecule has 3 rings (SSSR count). The van der Waals surface area contributed by atoms with Crippen LogP contribution in [0.3, 0.4) is 0 Å². The first-order valence-electron chi connectivity index (χ1n) is 8.39. The predicted octanol–water partition coefficient (Wildman–Crippen LogP) is 3.93. The first-order valence-corrected chi connectivity index (χ1v) is 9.37. The van der Waals surface area contributed by atoms with E-state index < -0.39 is 0 Å². The molecule has 6 heteroatoms. The van der Waals surface area contributed by atoms with Crippen molar-refractivity contribution in [1.29, 1.82) is 0 Å². The molecule has 0 unspecified atom stereocenters. The summed E-state index contributed by atoms with van der Waals surface area (Å²) in [5, 5.41) is 8.58. The van der Waals surface area contributed by atoms with E-state index in [1.807, 2.05) is 36.1 Å². The Bertz CT molecular complexity index is 706. The number of likely N-dealkylation sites (tertiary alicyclic amines) is 1. The Hall–Kier alpha value is -1.82. The Morgan fingerprint density at radius 3 is 2.75 bits per heavy atom. The molecule has 0 spiro atoms. The summed E-state index contributed by atoms with van der Waals surface area (Å²) in [6.07, 6.45) is 3.36. The lowest BCUT2D eigenvalue weighted by atomic mass is 9.98. The van der Waals surface area contributed by atoms with Crippen molar-refractivity contribution >= 4 is 17.7 Å². The number of carbonyl (C=O) groups excluding carboxylic acids is 1. The van der Waals surface area contributed by atoms with Gasteiger partial charge in [0.15, 0.2) is 0 Å². The Morgan fingerprint density at radius 1 is 1.29 bits per heavy atom. The van der Waals surface area contributed by atoms with Crippen molar-refractivity contribution in [1.82, 2.24) is 15.1 Å². The summed E-state index contributed by atoms with van der Waals surface area (Å²) in [5.41, 5.74) is 2.04. The highest BCUT2D eigenvalue weighted by atomic mass is 32.2. The fraction of sp³-hybridized carbons (Fsp3) is 0.500. The zero-order valence-electron chi connectivity index (χ0n) is 14.4. The first-order chi connectivity index (χ1) is 11.5. The lowest BCUT2D eigenvalue weighted by molar-refractivity contribution is -0.134. The van der Waals surface area contributed by atoms with E-state index in [0.717, 1.165) is 24.0 Å². The number of piperidine rings is 1. The molecule has 2 atom stereocenters. The molecule has 1 aliphatic rings. The average molecular weight is 345 g/mol. The molecule has 24 heavy (non-hydrogen) atoms. The van der Waals surface area contributed by atoms with Crippen LogP contribution < -0.4 is 0 Å². The van der Waals surface area contributed by atoms with Crippen molar-refractivity contribution in [2.24, 2.45) is 0 Å². The molecule has 128 valence electrons. The summed E-state index contributed by atoms with van der Waals surface area (Å²) < 4.78 is 5.69. The van der Waals surface area contributed by atoms with Crippen LogP contribution in [0.2, 0.25) is 0 Å². The molecule has 0 aliphatic carbocycles. The fourth-order valence-electron chi connectivity index (χ4n) is 3.27. The van der Waals surface area contributed by atoms with E-state index in [2.05, 4.69) is 24.0 Å². The molecule has 0 N–H and O–H groups in total. The highest BCUT2D eigenvalue weighted by Crippen LogP contribution is 2.26. The van der Waals surface area contributed by atoms with E-state index in [9.17, 15) is 4.79 Å². The van der Waals surface area contributed by atoms with Crippen molar-refractivity contribution in [3.8, 4) is 11.5 Å². The standard InChI is InChI=1S/C18H23N3O2S/c1-12-6-4-9-15(10-12)17-19-20-18(23-17)24-11-16(22)21-13(2)7-5-8-14(21)3/h4,6,9-10,13-14H,5,7-8,11H2,1-3H3/t13-,14-/m1/s1. The van der Waals surface area contributed by atoms with Crippen LogP contribution in [-0.4, -0.2) is 38.8 Å². The predicted molar refractivity (Wildman–Crippen MR) is 94.8 cm³/mol. The van der Waals surface area contributed by atoms with E-state index in [1.165, 1.54) is 18.2 Å². The van der Waals surface area contributed by atoms with Crippen LogP contribution >= 0.6 is 11.8 Å². The van der Waals surface area contributed by atoms with Gasteiger partial charge in [0.25, 0.3) is 5.22 Å². The third kappa shape index (κ3) is 3.80. The van der Waals surface area contributed by atoms with Crippen LogP contribution in [0.25, 0.3) is 11.5 Å². The molecule has 1 saturated heterocycles. The average Bonchev–Trinajstić information content (AvgIpc) is 3.02. The van der Waals surface area contributed by atoms with Gasteiger partial charge in [-0.05, 0) is 52.2 Å². The highest BCUT2D eigenvalue weighted by molar-refractivity contribution is 7.99. The maximum absolute atomic E-state index is 12.5. The smallest absolute Gasteiger partial charge is 0.277 e. The molecule has 2 aromatic rings. The second-order valence-corrected chi connectivity index (χ2v) is 7.39. The lowest BCUT2D eigenvalue weighted by Crippen LogP contribution is -2.48. The normalized spacial score (nSPS) is 21.0. The number of nitrogens with zero attached hydrogens (tertiary/aromatic N) is 3. The third-order valence-electron chi connectivity index (χ3n) is 4.47. The van der Waals surface area contributed by atoms with Gasteiger partial charge in [0.2, 0.25) is 11.8 Å². The van der Waals surface area contributed by atoms with Crippen LogP contribution in [-0.2, 0) is 4.79 Å². The molecule has 1 amide bonds. The molecule has 1 aliphatic heterocycles. The van der Waals surface area contributed by atoms with Gasteiger partial charge in [-0.3, -0.25) is 4.79 Å². The summed E-state index contributed by atoms with van der Waals surface area (Å²) in [6.45, 7) is 6.27. The van der Waals surface area contributed by atoms with Gasteiger partial charge in [0.1, 0.15) is 0 Å². The van der Waals surface area contributed by atoms with Crippen molar-refractivity contribution in [2.45, 2.75) is 57.3 Å². The monoisotopic (exact) mass is 345 g/mol. The second kappa shape index (κ2) is 7.38. The second-order valence-electron chi connectivity index (χ2n) is 6.46. The number of carbonyl (C=O) groups is 1. The first kappa shape index (κ1) is 17.0. The summed E-state index contributed by atoms with van der Waals surface area (Å²) in [5.74, 6) is 0.979. The topological polar surface area (TPSA) is 59.2 Å². The zero-order valence-corrected chi connectivity index (χ0v) is 15.2. The molecule has 0 radical (unpaired) electrons. The van der Waals surface area contributed by atoms with Crippen LogP contribution in [0.4, 0.5) is 0 Å². The molecule has 1 fully saturated rings. The van der Waals surface area contributed by atoms with E-state index in [1.54, 1.807) is 0 Å². The minimum Gasteiger partial charge on any atom is -0.411 e. The minimum atomic E-state index is 0.148. The number of aromatic nitrogens is 2. The number of aryl methyl sites for hydroxylation is 1. The minimum absolute atomic E-state index is 0.148. The highest BCUT2D eigenvalue weighted by Gasteiger charge is 2.29. The fourth-order valence-corrected chi connectivity index (χ4v) is 3.91. The Balaban J connectivity index is 1.62. The van der Waals surface area contributed by atoms with Crippen LogP contribution in [0, 0.1) is 6.92 Å². The van der Waals surface area contributed by atoms with Crippen molar-refractivity contribution in [3.05, 3.63) is 29.8 Å². The van der Waals surface area contributed by atoms with Crippen LogP contribution in [0.1, 0.15) is 38.7 Å². The van der Waals surface area contributed by atoms with Gasteiger partial charge in [-0.1, -0.05) is 29.5 Å². The van der Waals surface area contributed by atoms with Crippen molar-refractivity contribution in [3.63, 3.8) is 0 Å². The zero-order chi connectivity index (χ0) is 17.1. The van der Waals surface area contributed by atoms with Gasteiger partial charge in [0, 0.05) is 17.6 Å². The summed E-state index contributed by atoms with van der Waals surface area (Å²) >= 11 is 1.31. The summed E-state index contributed by atoms with van der Waals surface area (Å²) in [6, 6.07) is 8.56. The van der Waals surface area contributed by atoms with Gasteiger partial charge in [-0.25, -0.2) is 0 Å². The quantitative estimate of drug-likeness (QED) is 0.786. The summed E-state index contributed by atoms with van der Waals surface area (Å²) in [7, 11) is 0. The van der Waals surface area contributed by atoms with Gasteiger partial charge in [0.05, 0.1) is 5.75 Å². The van der Waals surface area contributed by atoms with Gasteiger partial charge < -0.3 is 9.32 Å². The van der Waals surface area contributed by atoms with Gasteiger partial charge in [-0.2, -0.15) is 0 Å². The summed E-state index contributed by atoms with van der Waals surface area (Å²) in [4.78, 5) is 14.5. The van der Waals surface area contributed by atoms with Gasteiger partial charge >= 0.3 is 0 Å². The number of hydrogen-bond donors (Lipinski definition) is 0. The molecular weight excluding hydrogens is 322 g/mol. The largest absolute Gasteiger partial charge is 0.411 e. The Kier molecular flexibility index (Phi) is 5.23.